The minimum atomic E-state index is -0.973. The Hall–Kier alpha value is -2.02. The van der Waals surface area contributed by atoms with Crippen LogP contribution in [0.15, 0.2) is 29.3 Å². The van der Waals surface area contributed by atoms with E-state index in [-0.39, 0.29) is 18.4 Å². The molecule has 2 aliphatic rings. The number of methoxy groups -OCH3 is 1. The van der Waals surface area contributed by atoms with E-state index < -0.39 is 11.2 Å². The van der Waals surface area contributed by atoms with E-state index in [4.69, 9.17) is 14.8 Å². The third-order valence-electron chi connectivity index (χ3n) is 4.49. The maximum absolute atomic E-state index is 12.8. The lowest BCUT2D eigenvalue weighted by atomic mass is 9.96. The van der Waals surface area contributed by atoms with Crippen molar-refractivity contribution < 1.29 is 19.4 Å². The first-order valence-corrected chi connectivity index (χ1v) is 9.40. The summed E-state index contributed by atoms with van der Waals surface area (Å²) in [6, 6.07) is 7.40. The minimum absolute atomic E-state index is 0.195. The highest BCUT2D eigenvalue weighted by atomic mass is 32.2. The zero-order valence-electron chi connectivity index (χ0n) is 14.2. The molecule has 0 bridgehead atoms. The highest BCUT2D eigenvalue weighted by Gasteiger charge is 2.40. The molecule has 1 atom stereocenters. The van der Waals surface area contributed by atoms with E-state index in [1.807, 2.05) is 0 Å². The molecule has 0 spiro atoms. The van der Waals surface area contributed by atoms with E-state index in [0.717, 1.165) is 25.7 Å². The third-order valence-corrected chi connectivity index (χ3v) is 5.64. The SMILES string of the molecule is COc1ccc(N2C(=O)C(CC(=O)O)SC2=NC2CCCCC2)cc1. The summed E-state index contributed by atoms with van der Waals surface area (Å²) in [5, 5.41) is 9.08. The lowest BCUT2D eigenvalue weighted by Crippen LogP contribution is -2.33. The molecule has 1 aliphatic heterocycles. The molecule has 7 heteroatoms. The van der Waals surface area contributed by atoms with Gasteiger partial charge in [0, 0.05) is 0 Å². The summed E-state index contributed by atoms with van der Waals surface area (Å²) in [6.45, 7) is 0. The summed E-state index contributed by atoms with van der Waals surface area (Å²) in [5.74, 6) is -0.484. The molecule has 1 saturated heterocycles. The second-order valence-electron chi connectivity index (χ2n) is 6.28. The molecule has 25 heavy (non-hydrogen) atoms. The Labute approximate surface area is 151 Å². The number of anilines is 1. The number of hydrogen-bond donors (Lipinski definition) is 1. The molecule has 3 rings (SSSR count). The summed E-state index contributed by atoms with van der Waals surface area (Å²) in [5.41, 5.74) is 0.695. The highest BCUT2D eigenvalue weighted by Crippen LogP contribution is 2.35. The van der Waals surface area contributed by atoms with Gasteiger partial charge in [-0.05, 0) is 37.1 Å². The summed E-state index contributed by atoms with van der Waals surface area (Å²) < 4.78 is 5.16. The molecule has 0 aromatic heterocycles. The Kier molecular flexibility index (Phi) is 5.63. The number of carboxylic acids is 1. The van der Waals surface area contributed by atoms with E-state index in [0.29, 0.717) is 16.6 Å². The first kappa shape index (κ1) is 17.8. The number of aliphatic imine (C=N–C) groups is 1. The van der Waals surface area contributed by atoms with Crippen LogP contribution in [0.2, 0.25) is 0 Å². The number of rotatable bonds is 5. The van der Waals surface area contributed by atoms with Crippen LogP contribution in [0.1, 0.15) is 38.5 Å². The minimum Gasteiger partial charge on any atom is -0.497 e. The van der Waals surface area contributed by atoms with Crippen molar-refractivity contribution in [2.45, 2.75) is 49.8 Å². The zero-order chi connectivity index (χ0) is 17.8. The highest BCUT2D eigenvalue weighted by molar-refractivity contribution is 8.16. The van der Waals surface area contributed by atoms with Crippen molar-refractivity contribution in [2.24, 2.45) is 4.99 Å². The van der Waals surface area contributed by atoms with Crippen molar-refractivity contribution in [3.05, 3.63) is 24.3 Å². The first-order valence-electron chi connectivity index (χ1n) is 8.53. The van der Waals surface area contributed by atoms with Crippen molar-refractivity contribution in [3.63, 3.8) is 0 Å². The van der Waals surface area contributed by atoms with Gasteiger partial charge in [-0.2, -0.15) is 0 Å². The van der Waals surface area contributed by atoms with E-state index in [2.05, 4.69) is 0 Å². The molecular weight excluding hydrogens is 340 g/mol. The molecule has 1 N–H and O–H groups in total. The number of amidine groups is 1. The van der Waals surface area contributed by atoms with Gasteiger partial charge in [-0.3, -0.25) is 19.5 Å². The second-order valence-corrected chi connectivity index (χ2v) is 7.45. The number of nitrogens with zero attached hydrogens (tertiary/aromatic N) is 2. The lowest BCUT2D eigenvalue weighted by Gasteiger charge is -2.21. The fourth-order valence-electron chi connectivity index (χ4n) is 3.18. The predicted molar refractivity (Wildman–Crippen MR) is 98.4 cm³/mol. The summed E-state index contributed by atoms with van der Waals surface area (Å²) >= 11 is 1.27. The van der Waals surface area contributed by atoms with Gasteiger partial charge in [0.05, 0.1) is 25.3 Å². The first-order chi connectivity index (χ1) is 12.1. The van der Waals surface area contributed by atoms with Gasteiger partial charge in [0.1, 0.15) is 11.0 Å². The summed E-state index contributed by atoms with van der Waals surface area (Å²) in [7, 11) is 1.59. The number of benzene rings is 1. The Balaban J connectivity index is 1.89. The van der Waals surface area contributed by atoms with E-state index in [1.165, 1.54) is 18.2 Å². The largest absolute Gasteiger partial charge is 0.497 e. The van der Waals surface area contributed by atoms with E-state index >= 15 is 0 Å². The molecule has 1 aromatic rings. The Morgan fingerprint density at radius 3 is 2.56 bits per heavy atom. The molecule has 0 radical (unpaired) electrons. The third kappa shape index (κ3) is 4.15. The van der Waals surface area contributed by atoms with Crippen LogP contribution < -0.4 is 9.64 Å². The van der Waals surface area contributed by atoms with Gasteiger partial charge >= 0.3 is 5.97 Å². The fraction of sp³-hybridized carbons (Fsp3) is 0.500. The molecule has 134 valence electrons. The second kappa shape index (κ2) is 7.91. The number of thioether (sulfide) groups is 1. The quantitative estimate of drug-likeness (QED) is 0.869. The van der Waals surface area contributed by atoms with Crippen LogP contribution in [0, 0.1) is 0 Å². The molecule has 1 aromatic carbocycles. The molecule has 2 fully saturated rings. The van der Waals surface area contributed by atoms with Crippen LogP contribution in [0.4, 0.5) is 5.69 Å². The number of carboxylic acid groups (broad SMARTS) is 1. The zero-order valence-corrected chi connectivity index (χ0v) is 15.0. The Morgan fingerprint density at radius 2 is 1.96 bits per heavy atom. The number of aliphatic carboxylic acids is 1. The van der Waals surface area contributed by atoms with Crippen LogP contribution in [0.5, 0.6) is 5.75 Å². The standard InChI is InChI=1S/C18H22N2O4S/c1-24-14-9-7-13(8-10-14)20-17(23)15(11-16(21)22)25-18(20)19-12-5-3-2-4-6-12/h7-10,12,15H,2-6,11H2,1H3,(H,21,22). The number of amides is 1. The van der Waals surface area contributed by atoms with Gasteiger partial charge in [0.15, 0.2) is 5.17 Å². The number of hydrogen-bond acceptors (Lipinski definition) is 5. The van der Waals surface area contributed by atoms with Gasteiger partial charge in [0.2, 0.25) is 5.91 Å². The van der Waals surface area contributed by atoms with Gasteiger partial charge in [-0.15, -0.1) is 0 Å². The van der Waals surface area contributed by atoms with Gasteiger partial charge in [-0.25, -0.2) is 0 Å². The van der Waals surface area contributed by atoms with Crippen LogP contribution in [-0.4, -0.2) is 40.6 Å². The molecule has 1 heterocycles. The molecule has 1 amide bonds. The summed E-state index contributed by atoms with van der Waals surface area (Å²) in [6.07, 6.45) is 5.40. The number of carbonyl (C=O) groups excluding carboxylic acids is 1. The van der Waals surface area contributed by atoms with E-state index in [1.54, 1.807) is 36.3 Å². The van der Waals surface area contributed by atoms with Crippen LogP contribution in [-0.2, 0) is 9.59 Å². The Bertz CT molecular complexity index is 668. The van der Waals surface area contributed by atoms with Crippen LogP contribution >= 0.6 is 11.8 Å². The fourth-order valence-corrected chi connectivity index (χ4v) is 4.38. The van der Waals surface area contributed by atoms with Crippen LogP contribution in [0.3, 0.4) is 0 Å². The summed E-state index contributed by atoms with van der Waals surface area (Å²) in [4.78, 5) is 30.2. The van der Waals surface area contributed by atoms with Crippen molar-refractivity contribution >= 4 is 34.5 Å². The topological polar surface area (TPSA) is 79.2 Å². The molecular formula is C18H22N2O4S. The maximum atomic E-state index is 12.8. The smallest absolute Gasteiger partial charge is 0.305 e. The lowest BCUT2D eigenvalue weighted by molar-refractivity contribution is -0.138. The average molecular weight is 362 g/mol. The molecule has 1 saturated carbocycles. The molecule has 6 nitrogen and oxygen atoms in total. The van der Waals surface area contributed by atoms with Crippen molar-refractivity contribution in [2.75, 3.05) is 12.0 Å². The van der Waals surface area contributed by atoms with Gasteiger partial charge < -0.3 is 9.84 Å². The normalized spacial score (nSPS) is 23.2. The number of ether oxygens (including phenoxy) is 1. The van der Waals surface area contributed by atoms with Crippen molar-refractivity contribution in [1.82, 2.24) is 0 Å². The van der Waals surface area contributed by atoms with Crippen molar-refractivity contribution in [3.8, 4) is 5.75 Å². The van der Waals surface area contributed by atoms with Gasteiger partial charge in [0.25, 0.3) is 0 Å². The monoisotopic (exact) mass is 362 g/mol. The molecule has 1 unspecified atom stereocenters. The molecule has 1 aliphatic carbocycles. The Morgan fingerprint density at radius 1 is 1.28 bits per heavy atom. The van der Waals surface area contributed by atoms with Crippen molar-refractivity contribution in [1.29, 1.82) is 0 Å². The van der Waals surface area contributed by atoms with Crippen LogP contribution in [0.25, 0.3) is 0 Å². The average Bonchev–Trinajstić information content (AvgIpc) is 2.90. The van der Waals surface area contributed by atoms with Gasteiger partial charge in [-0.1, -0.05) is 31.0 Å². The van der Waals surface area contributed by atoms with E-state index in [9.17, 15) is 9.59 Å². The number of carbonyl (C=O) groups is 2. The predicted octanol–water partition coefficient (Wildman–Crippen LogP) is 3.31. The maximum Gasteiger partial charge on any atom is 0.305 e.